The lowest BCUT2D eigenvalue weighted by atomic mass is 10.0. The van der Waals surface area contributed by atoms with Gasteiger partial charge in [-0.15, -0.1) is 0 Å². The number of pyridine rings is 1. The van der Waals surface area contributed by atoms with Crippen LogP contribution in [0.15, 0.2) is 54.6 Å². The number of aryl methyl sites for hydroxylation is 1. The minimum atomic E-state index is -0.708. The van der Waals surface area contributed by atoms with Crippen LogP contribution in [0.1, 0.15) is 34.1 Å². The summed E-state index contributed by atoms with van der Waals surface area (Å²) in [5.41, 5.74) is 3.50. The van der Waals surface area contributed by atoms with E-state index >= 15 is 0 Å². The molecule has 2 N–H and O–H groups in total. The maximum atomic E-state index is 12.7. The predicted octanol–water partition coefficient (Wildman–Crippen LogP) is 3.29. The maximum absolute atomic E-state index is 12.7. The quantitative estimate of drug-likeness (QED) is 0.614. The summed E-state index contributed by atoms with van der Waals surface area (Å²) in [7, 11) is 0. The van der Waals surface area contributed by atoms with Gasteiger partial charge in [0, 0.05) is 17.6 Å². The van der Waals surface area contributed by atoms with Gasteiger partial charge in [0.25, 0.3) is 5.91 Å². The minimum absolute atomic E-state index is 0.279. The van der Waals surface area contributed by atoms with Crippen LogP contribution in [0.4, 0.5) is 4.79 Å². The van der Waals surface area contributed by atoms with E-state index in [0.717, 1.165) is 16.8 Å². The Bertz CT molecular complexity index is 1080. The van der Waals surface area contributed by atoms with Gasteiger partial charge in [0.15, 0.2) is 6.61 Å². The number of aromatic nitrogens is 1. The molecule has 1 heterocycles. The lowest BCUT2D eigenvalue weighted by Gasteiger charge is -2.13. The van der Waals surface area contributed by atoms with E-state index in [4.69, 9.17) is 4.74 Å². The summed E-state index contributed by atoms with van der Waals surface area (Å²) in [5, 5.41) is 5.40. The zero-order chi connectivity index (χ0) is 21.5. The van der Waals surface area contributed by atoms with Crippen LogP contribution in [-0.2, 0) is 22.5 Å². The van der Waals surface area contributed by atoms with Crippen molar-refractivity contribution >= 4 is 28.8 Å². The van der Waals surface area contributed by atoms with Crippen molar-refractivity contribution in [3.05, 3.63) is 77.0 Å². The molecule has 154 valence electrons. The molecule has 0 radical (unpaired) electrons. The molecule has 7 nitrogen and oxygen atoms in total. The van der Waals surface area contributed by atoms with Crippen LogP contribution in [0.25, 0.3) is 10.9 Å². The number of ether oxygens (including phenoxy) is 1. The zero-order valence-corrected chi connectivity index (χ0v) is 16.9. The van der Waals surface area contributed by atoms with Gasteiger partial charge in [0.1, 0.15) is 0 Å². The van der Waals surface area contributed by atoms with Crippen LogP contribution in [0.3, 0.4) is 0 Å². The molecule has 7 heteroatoms. The predicted molar refractivity (Wildman–Crippen MR) is 113 cm³/mol. The first-order valence-corrected chi connectivity index (χ1v) is 9.66. The molecule has 0 saturated carbocycles. The molecule has 0 aliphatic rings. The summed E-state index contributed by atoms with van der Waals surface area (Å²) in [4.78, 5) is 41.2. The normalized spacial score (nSPS) is 10.5. The van der Waals surface area contributed by atoms with Crippen molar-refractivity contribution in [1.29, 1.82) is 0 Å². The van der Waals surface area contributed by atoms with Crippen LogP contribution < -0.4 is 10.6 Å². The summed E-state index contributed by atoms with van der Waals surface area (Å²) < 4.78 is 5.18. The van der Waals surface area contributed by atoms with Gasteiger partial charge in [-0.3, -0.25) is 15.1 Å². The van der Waals surface area contributed by atoms with Crippen molar-refractivity contribution in [1.82, 2.24) is 15.6 Å². The molecule has 3 rings (SSSR count). The summed E-state index contributed by atoms with van der Waals surface area (Å²) >= 11 is 0. The summed E-state index contributed by atoms with van der Waals surface area (Å²) in [5.74, 6) is -1.33. The third-order valence-corrected chi connectivity index (χ3v) is 4.66. The number of benzene rings is 2. The fraction of sp³-hybridized carbons (Fsp3) is 0.217. The van der Waals surface area contributed by atoms with Gasteiger partial charge in [-0.05, 0) is 30.5 Å². The van der Waals surface area contributed by atoms with Gasteiger partial charge in [0.05, 0.1) is 11.1 Å². The second kappa shape index (κ2) is 9.65. The van der Waals surface area contributed by atoms with Gasteiger partial charge >= 0.3 is 12.0 Å². The van der Waals surface area contributed by atoms with Crippen LogP contribution in [0.5, 0.6) is 0 Å². The van der Waals surface area contributed by atoms with Crippen LogP contribution in [-0.4, -0.2) is 29.5 Å². The molecule has 0 saturated heterocycles. The molecule has 0 aliphatic carbocycles. The molecule has 3 amide bonds. The van der Waals surface area contributed by atoms with Crippen molar-refractivity contribution < 1.29 is 19.1 Å². The second-order valence-corrected chi connectivity index (χ2v) is 6.72. The average molecular weight is 405 g/mol. The van der Waals surface area contributed by atoms with Gasteiger partial charge in [-0.1, -0.05) is 55.5 Å². The fourth-order valence-electron chi connectivity index (χ4n) is 3.15. The molecule has 2 aromatic carbocycles. The second-order valence-electron chi connectivity index (χ2n) is 6.72. The highest BCUT2D eigenvalue weighted by Gasteiger charge is 2.20. The number of amides is 3. The Kier molecular flexibility index (Phi) is 6.75. The summed E-state index contributed by atoms with van der Waals surface area (Å²) in [6, 6.07) is 15.9. The maximum Gasteiger partial charge on any atom is 0.339 e. The number of carbonyl (C=O) groups is 3. The molecule has 0 atom stereocenters. The number of nitrogens with zero attached hydrogens (tertiary/aromatic N) is 1. The Balaban J connectivity index is 1.61. The van der Waals surface area contributed by atoms with Gasteiger partial charge < -0.3 is 10.1 Å². The summed E-state index contributed by atoms with van der Waals surface area (Å²) in [6.07, 6.45) is 0.666. The smallest absolute Gasteiger partial charge is 0.339 e. The van der Waals surface area contributed by atoms with Crippen LogP contribution in [0, 0.1) is 6.92 Å². The first kappa shape index (κ1) is 21.0. The number of nitrogens with one attached hydrogen (secondary N) is 2. The van der Waals surface area contributed by atoms with E-state index < -0.39 is 24.5 Å². The standard InChI is InChI=1S/C23H23N3O4/c1-3-18-15(2)21(17-11-7-8-12-19(17)25-18)22(28)30-14-20(27)26-23(29)24-13-16-9-5-4-6-10-16/h4-12H,3,13-14H2,1-2H3,(H2,24,26,27,29). The number of para-hydroxylation sites is 1. The minimum Gasteiger partial charge on any atom is -0.452 e. The van der Waals surface area contributed by atoms with Crippen LogP contribution in [0.2, 0.25) is 0 Å². The van der Waals surface area contributed by atoms with Crippen molar-refractivity contribution in [2.75, 3.05) is 6.61 Å². The first-order valence-electron chi connectivity index (χ1n) is 9.66. The Labute approximate surface area is 174 Å². The third-order valence-electron chi connectivity index (χ3n) is 4.66. The van der Waals surface area contributed by atoms with E-state index in [1.165, 1.54) is 0 Å². The Morgan fingerprint density at radius 2 is 1.70 bits per heavy atom. The highest BCUT2D eigenvalue weighted by Crippen LogP contribution is 2.24. The molecular weight excluding hydrogens is 382 g/mol. The lowest BCUT2D eigenvalue weighted by molar-refractivity contribution is -0.123. The topological polar surface area (TPSA) is 97.4 Å². The Hall–Kier alpha value is -3.74. The average Bonchev–Trinajstić information content (AvgIpc) is 2.76. The van der Waals surface area contributed by atoms with Crippen LogP contribution >= 0.6 is 0 Å². The number of carbonyl (C=O) groups excluding carboxylic acids is 3. The number of rotatable bonds is 6. The molecule has 1 aromatic heterocycles. The Morgan fingerprint density at radius 3 is 2.43 bits per heavy atom. The molecule has 0 aliphatic heterocycles. The lowest BCUT2D eigenvalue weighted by Crippen LogP contribution is -2.41. The highest BCUT2D eigenvalue weighted by atomic mass is 16.5. The van der Waals surface area contributed by atoms with Crippen molar-refractivity contribution in [3.8, 4) is 0 Å². The first-order chi connectivity index (χ1) is 14.5. The molecule has 0 fully saturated rings. The van der Waals surface area contributed by atoms with E-state index in [1.807, 2.05) is 62.4 Å². The van der Waals surface area contributed by atoms with E-state index in [1.54, 1.807) is 6.07 Å². The summed E-state index contributed by atoms with van der Waals surface area (Å²) in [6.45, 7) is 3.49. The molecule has 0 spiro atoms. The largest absolute Gasteiger partial charge is 0.452 e. The van der Waals surface area contributed by atoms with Gasteiger partial charge in [-0.25, -0.2) is 9.59 Å². The van der Waals surface area contributed by atoms with E-state index in [2.05, 4.69) is 15.6 Å². The van der Waals surface area contributed by atoms with Crippen molar-refractivity contribution in [3.63, 3.8) is 0 Å². The number of fused-ring (bicyclic) bond motifs is 1. The van der Waals surface area contributed by atoms with Gasteiger partial charge in [0.2, 0.25) is 0 Å². The molecule has 3 aromatic rings. The van der Waals surface area contributed by atoms with E-state index in [-0.39, 0.29) is 6.54 Å². The third kappa shape index (κ3) is 5.00. The molecule has 0 bridgehead atoms. The number of imide groups is 1. The Morgan fingerprint density at radius 1 is 1.00 bits per heavy atom. The number of hydrogen-bond acceptors (Lipinski definition) is 5. The molecule has 30 heavy (non-hydrogen) atoms. The molecule has 0 unspecified atom stereocenters. The van der Waals surface area contributed by atoms with Crippen molar-refractivity contribution in [2.45, 2.75) is 26.8 Å². The fourth-order valence-corrected chi connectivity index (χ4v) is 3.15. The zero-order valence-electron chi connectivity index (χ0n) is 16.9. The SMILES string of the molecule is CCc1nc2ccccc2c(C(=O)OCC(=O)NC(=O)NCc2ccccc2)c1C. The van der Waals surface area contributed by atoms with E-state index in [0.29, 0.717) is 22.9 Å². The number of urea groups is 1. The molecular formula is C23H23N3O4. The van der Waals surface area contributed by atoms with Crippen molar-refractivity contribution in [2.24, 2.45) is 0 Å². The highest BCUT2D eigenvalue weighted by molar-refractivity contribution is 6.05. The number of esters is 1. The monoisotopic (exact) mass is 405 g/mol. The van der Waals surface area contributed by atoms with E-state index in [9.17, 15) is 14.4 Å². The van der Waals surface area contributed by atoms with Gasteiger partial charge in [-0.2, -0.15) is 0 Å². The number of hydrogen-bond donors (Lipinski definition) is 2.